The van der Waals surface area contributed by atoms with Crippen molar-refractivity contribution in [3.8, 4) is 11.3 Å². The van der Waals surface area contributed by atoms with Crippen LogP contribution >= 0.6 is 23.2 Å². The summed E-state index contributed by atoms with van der Waals surface area (Å²) in [5.74, 6) is 0. The highest BCUT2D eigenvalue weighted by atomic mass is 35.5. The summed E-state index contributed by atoms with van der Waals surface area (Å²) in [5.41, 5.74) is 5.41. The van der Waals surface area contributed by atoms with E-state index in [1.807, 2.05) is 25.4 Å². The van der Waals surface area contributed by atoms with E-state index in [4.69, 9.17) is 23.2 Å². The predicted octanol–water partition coefficient (Wildman–Crippen LogP) is 4.35. The van der Waals surface area contributed by atoms with E-state index >= 15 is 0 Å². The fraction of sp³-hybridized carbons (Fsp3) is 0.222. The number of hydrogen-bond donors (Lipinski definition) is 0. The maximum absolute atomic E-state index is 6.71. The number of pyridine rings is 1. The second-order valence-corrected chi connectivity index (χ2v) is 6.76. The topological polar surface area (TPSA) is 34.0 Å². The molecule has 1 aliphatic heterocycles. The molecule has 24 heavy (non-hydrogen) atoms. The summed E-state index contributed by atoms with van der Waals surface area (Å²) in [6.07, 6.45) is 6.34. The maximum Gasteiger partial charge on any atom is 0.0764 e. The van der Waals surface area contributed by atoms with E-state index in [1.54, 1.807) is 17.1 Å². The van der Waals surface area contributed by atoms with Gasteiger partial charge in [0.1, 0.15) is 0 Å². The summed E-state index contributed by atoms with van der Waals surface area (Å²) in [7, 11) is 1.90. The number of rotatable bonds is 2. The predicted molar refractivity (Wildman–Crippen MR) is 97.7 cm³/mol. The lowest BCUT2D eigenvalue weighted by atomic mass is 9.99. The summed E-state index contributed by atoms with van der Waals surface area (Å²) in [5, 5.41) is 5.72. The van der Waals surface area contributed by atoms with Gasteiger partial charge in [-0.05, 0) is 35.7 Å². The van der Waals surface area contributed by atoms with Gasteiger partial charge in [-0.3, -0.25) is 9.67 Å². The SMILES string of the molecule is Cn1nccc1-c1cncc(N2CCc3cc(Cl)ccc3C2)c1Cl. The number of nitrogens with zero attached hydrogens (tertiary/aromatic N) is 4. The van der Waals surface area contributed by atoms with Crippen molar-refractivity contribution in [2.24, 2.45) is 7.05 Å². The van der Waals surface area contributed by atoms with Gasteiger partial charge in [0, 0.05) is 43.1 Å². The maximum atomic E-state index is 6.71. The zero-order chi connectivity index (χ0) is 16.7. The average Bonchev–Trinajstić information content (AvgIpc) is 3.00. The van der Waals surface area contributed by atoms with Gasteiger partial charge in [-0.15, -0.1) is 0 Å². The smallest absolute Gasteiger partial charge is 0.0764 e. The molecular formula is C18H16Cl2N4. The molecule has 4 rings (SSSR count). The van der Waals surface area contributed by atoms with Gasteiger partial charge in [0.05, 0.1) is 22.6 Å². The lowest BCUT2D eigenvalue weighted by molar-refractivity contribution is 0.730. The summed E-state index contributed by atoms with van der Waals surface area (Å²) in [6.45, 7) is 1.70. The number of benzene rings is 1. The van der Waals surface area contributed by atoms with Gasteiger partial charge in [-0.1, -0.05) is 29.3 Å². The normalized spacial score (nSPS) is 13.9. The Morgan fingerprint density at radius 3 is 2.75 bits per heavy atom. The van der Waals surface area contributed by atoms with Crippen LogP contribution in [-0.2, 0) is 20.0 Å². The van der Waals surface area contributed by atoms with Crippen LogP contribution in [0.1, 0.15) is 11.1 Å². The van der Waals surface area contributed by atoms with E-state index < -0.39 is 0 Å². The molecule has 0 bridgehead atoms. The number of anilines is 1. The van der Waals surface area contributed by atoms with Crippen LogP contribution in [0.2, 0.25) is 10.0 Å². The molecule has 0 N–H and O–H groups in total. The standard InChI is InChI=1S/C18H16Cl2N4/c1-23-16(4-6-22-23)15-9-21-10-17(18(15)20)24-7-5-12-8-14(19)3-2-13(12)11-24/h2-4,6,8-10H,5,7,11H2,1H3. The van der Waals surface area contributed by atoms with Gasteiger partial charge >= 0.3 is 0 Å². The molecule has 0 saturated heterocycles. The molecule has 3 heterocycles. The van der Waals surface area contributed by atoms with Gasteiger partial charge in [-0.25, -0.2) is 0 Å². The van der Waals surface area contributed by atoms with Crippen LogP contribution in [0.15, 0.2) is 42.9 Å². The van der Waals surface area contributed by atoms with Crippen molar-refractivity contribution in [1.82, 2.24) is 14.8 Å². The Hall–Kier alpha value is -2.04. The van der Waals surface area contributed by atoms with Crippen LogP contribution in [0.25, 0.3) is 11.3 Å². The third-order valence-corrected chi connectivity index (χ3v) is 5.11. The minimum atomic E-state index is 0.714. The van der Waals surface area contributed by atoms with Crippen molar-refractivity contribution < 1.29 is 0 Å². The molecule has 0 aliphatic carbocycles. The van der Waals surface area contributed by atoms with Gasteiger partial charge < -0.3 is 4.90 Å². The quantitative estimate of drug-likeness (QED) is 0.682. The van der Waals surface area contributed by atoms with E-state index in [1.165, 1.54) is 11.1 Å². The lowest BCUT2D eigenvalue weighted by Crippen LogP contribution is -2.30. The average molecular weight is 359 g/mol. The second-order valence-electron chi connectivity index (χ2n) is 5.94. The molecule has 0 unspecified atom stereocenters. The zero-order valence-electron chi connectivity index (χ0n) is 13.2. The Balaban J connectivity index is 1.71. The molecule has 2 aromatic heterocycles. The molecule has 1 aromatic carbocycles. The Kier molecular flexibility index (Phi) is 3.94. The van der Waals surface area contributed by atoms with Crippen molar-refractivity contribution in [1.29, 1.82) is 0 Å². The van der Waals surface area contributed by atoms with E-state index in [2.05, 4.69) is 27.1 Å². The number of aryl methyl sites for hydroxylation is 1. The van der Waals surface area contributed by atoms with Gasteiger partial charge in [0.15, 0.2) is 0 Å². The molecule has 0 amide bonds. The molecule has 0 radical (unpaired) electrons. The highest BCUT2D eigenvalue weighted by molar-refractivity contribution is 6.35. The lowest BCUT2D eigenvalue weighted by Gasteiger charge is -2.31. The number of fused-ring (bicyclic) bond motifs is 1. The van der Waals surface area contributed by atoms with E-state index in [-0.39, 0.29) is 0 Å². The van der Waals surface area contributed by atoms with Crippen LogP contribution in [0, 0.1) is 0 Å². The molecule has 4 nitrogen and oxygen atoms in total. The molecular weight excluding hydrogens is 343 g/mol. The summed E-state index contributed by atoms with van der Waals surface area (Å²) < 4.78 is 1.81. The fourth-order valence-corrected chi connectivity index (χ4v) is 3.71. The molecule has 0 fully saturated rings. The third kappa shape index (κ3) is 2.66. The second kappa shape index (κ2) is 6.11. The number of halogens is 2. The van der Waals surface area contributed by atoms with Crippen LogP contribution in [0.5, 0.6) is 0 Å². The first-order chi connectivity index (χ1) is 11.6. The van der Waals surface area contributed by atoms with E-state index in [9.17, 15) is 0 Å². The largest absolute Gasteiger partial charge is 0.364 e. The Bertz CT molecular complexity index is 904. The Morgan fingerprint density at radius 1 is 1.08 bits per heavy atom. The van der Waals surface area contributed by atoms with E-state index in [0.717, 1.165) is 41.5 Å². The highest BCUT2D eigenvalue weighted by Crippen LogP contribution is 2.36. The van der Waals surface area contributed by atoms with Gasteiger partial charge in [0.25, 0.3) is 0 Å². The monoisotopic (exact) mass is 358 g/mol. The van der Waals surface area contributed by atoms with Crippen molar-refractivity contribution in [2.75, 3.05) is 11.4 Å². The minimum Gasteiger partial charge on any atom is -0.364 e. The first-order valence-electron chi connectivity index (χ1n) is 7.77. The van der Waals surface area contributed by atoms with Crippen molar-refractivity contribution in [3.63, 3.8) is 0 Å². The van der Waals surface area contributed by atoms with Crippen molar-refractivity contribution in [3.05, 3.63) is 64.0 Å². The van der Waals surface area contributed by atoms with Crippen LogP contribution < -0.4 is 4.90 Å². The third-order valence-electron chi connectivity index (χ3n) is 4.48. The minimum absolute atomic E-state index is 0.714. The summed E-state index contributed by atoms with van der Waals surface area (Å²) in [4.78, 5) is 6.67. The summed E-state index contributed by atoms with van der Waals surface area (Å²) in [6, 6.07) is 8.03. The first-order valence-corrected chi connectivity index (χ1v) is 8.53. The molecule has 6 heteroatoms. The molecule has 122 valence electrons. The molecule has 3 aromatic rings. The zero-order valence-corrected chi connectivity index (χ0v) is 14.7. The van der Waals surface area contributed by atoms with E-state index in [0.29, 0.717) is 5.02 Å². The van der Waals surface area contributed by atoms with Crippen molar-refractivity contribution in [2.45, 2.75) is 13.0 Å². The van der Waals surface area contributed by atoms with Crippen LogP contribution in [0.4, 0.5) is 5.69 Å². The first kappa shape index (κ1) is 15.5. The highest BCUT2D eigenvalue weighted by Gasteiger charge is 2.21. The Labute approximate surface area is 150 Å². The van der Waals surface area contributed by atoms with Gasteiger partial charge in [0.2, 0.25) is 0 Å². The van der Waals surface area contributed by atoms with Crippen LogP contribution in [0.3, 0.4) is 0 Å². The fourth-order valence-electron chi connectivity index (χ4n) is 3.20. The van der Waals surface area contributed by atoms with Crippen molar-refractivity contribution >= 4 is 28.9 Å². The molecule has 1 aliphatic rings. The molecule has 0 atom stereocenters. The van der Waals surface area contributed by atoms with Gasteiger partial charge in [-0.2, -0.15) is 5.10 Å². The Morgan fingerprint density at radius 2 is 1.96 bits per heavy atom. The molecule has 0 spiro atoms. The summed E-state index contributed by atoms with van der Waals surface area (Å²) >= 11 is 12.8. The number of hydrogen-bond acceptors (Lipinski definition) is 3. The molecule has 0 saturated carbocycles. The number of aromatic nitrogens is 3. The van der Waals surface area contributed by atoms with Crippen LogP contribution in [-0.4, -0.2) is 21.3 Å².